The molecule has 2 rings (SSSR count). The Morgan fingerprint density at radius 1 is 0.966 bits per heavy atom. The van der Waals surface area contributed by atoms with Crippen LogP contribution in [-0.2, 0) is 14.3 Å². The average molecular weight is 411 g/mol. The Labute approximate surface area is 175 Å². The standard InChI is InChI=1S/C20H38N6O3/c1-23(2)18(27)16-22-20(21-8-15-29-3)26-13-11-24(12-14-26)17-19(28)25-9-6-4-5-7-10-25/h4-17H2,1-3H3,(H,21,22). The first-order valence-corrected chi connectivity index (χ1v) is 10.7. The summed E-state index contributed by atoms with van der Waals surface area (Å²) >= 11 is 0. The number of amides is 2. The van der Waals surface area contributed by atoms with Crippen molar-refractivity contribution in [2.75, 3.05) is 86.7 Å². The van der Waals surface area contributed by atoms with Gasteiger partial charge in [-0.2, -0.15) is 0 Å². The number of aliphatic imine (C=N–C) groups is 1. The van der Waals surface area contributed by atoms with E-state index in [2.05, 4.69) is 20.1 Å². The van der Waals surface area contributed by atoms with E-state index >= 15 is 0 Å². The lowest BCUT2D eigenvalue weighted by Gasteiger charge is -2.37. The number of carbonyl (C=O) groups excluding carboxylic acids is 2. The molecule has 0 aromatic carbocycles. The van der Waals surface area contributed by atoms with Gasteiger partial charge in [-0.25, -0.2) is 4.99 Å². The quantitative estimate of drug-likeness (QED) is 0.352. The Bertz CT molecular complexity index is 538. The Kier molecular flexibility index (Phi) is 10.2. The van der Waals surface area contributed by atoms with Crippen LogP contribution in [0.25, 0.3) is 0 Å². The highest BCUT2D eigenvalue weighted by molar-refractivity contribution is 5.85. The molecular formula is C20H38N6O3. The van der Waals surface area contributed by atoms with Crippen molar-refractivity contribution in [3.8, 4) is 0 Å². The molecule has 29 heavy (non-hydrogen) atoms. The van der Waals surface area contributed by atoms with Gasteiger partial charge in [-0.15, -0.1) is 0 Å². The number of nitrogens with one attached hydrogen (secondary N) is 1. The molecule has 0 unspecified atom stereocenters. The molecule has 166 valence electrons. The van der Waals surface area contributed by atoms with E-state index in [1.165, 1.54) is 12.8 Å². The first-order chi connectivity index (χ1) is 14.0. The van der Waals surface area contributed by atoms with Crippen LogP contribution < -0.4 is 5.32 Å². The van der Waals surface area contributed by atoms with Gasteiger partial charge in [0.05, 0.1) is 13.2 Å². The first-order valence-electron chi connectivity index (χ1n) is 10.7. The van der Waals surface area contributed by atoms with Crippen LogP contribution >= 0.6 is 0 Å². The van der Waals surface area contributed by atoms with Crippen molar-refractivity contribution in [1.29, 1.82) is 0 Å². The van der Waals surface area contributed by atoms with Gasteiger partial charge in [0.25, 0.3) is 0 Å². The molecule has 0 bridgehead atoms. The molecule has 0 aliphatic carbocycles. The van der Waals surface area contributed by atoms with E-state index in [0.717, 1.165) is 58.1 Å². The summed E-state index contributed by atoms with van der Waals surface area (Å²) in [7, 11) is 5.13. The van der Waals surface area contributed by atoms with Crippen LogP contribution in [0.1, 0.15) is 25.7 Å². The number of likely N-dealkylation sites (tertiary alicyclic amines) is 1. The van der Waals surface area contributed by atoms with E-state index in [1.54, 1.807) is 26.1 Å². The average Bonchev–Trinajstić information content (AvgIpc) is 3.00. The number of carbonyl (C=O) groups is 2. The number of rotatable bonds is 7. The van der Waals surface area contributed by atoms with E-state index in [4.69, 9.17) is 4.74 Å². The number of guanidine groups is 1. The number of hydrogen-bond donors (Lipinski definition) is 1. The maximum atomic E-state index is 12.6. The summed E-state index contributed by atoms with van der Waals surface area (Å²) in [5.74, 6) is 0.956. The maximum Gasteiger partial charge on any atom is 0.243 e. The summed E-state index contributed by atoms with van der Waals surface area (Å²) in [6.07, 6.45) is 4.71. The van der Waals surface area contributed by atoms with Gasteiger partial charge >= 0.3 is 0 Å². The number of hydrogen-bond acceptors (Lipinski definition) is 5. The van der Waals surface area contributed by atoms with Gasteiger partial charge in [-0.05, 0) is 12.8 Å². The first kappa shape index (κ1) is 23.4. The predicted molar refractivity (Wildman–Crippen MR) is 114 cm³/mol. The summed E-state index contributed by atoms with van der Waals surface area (Å²) in [6, 6.07) is 0. The smallest absolute Gasteiger partial charge is 0.243 e. The van der Waals surface area contributed by atoms with E-state index in [-0.39, 0.29) is 18.4 Å². The Morgan fingerprint density at radius 2 is 1.62 bits per heavy atom. The number of nitrogens with zero attached hydrogens (tertiary/aromatic N) is 5. The fourth-order valence-electron chi connectivity index (χ4n) is 3.55. The normalized spacial score (nSPS) is 19.1. The fourth-order valence-corrected chi connectivity index (χ4v) is 3.55. The summed E-state index contributed by atoms with van der Waals surface area (Å²) in [4.78, 5) is 37.0. The van der Waals surface area contributed by atoms with Crippen LogP contribution in [0.3, 0.4) is 0 Å². The summed E-state index contributed by atoms with van der Waals surface area (Å²) in [6.45, 7) is 6.82. The van der Waals surface area contributed by atoms with Crippen molar-refractivity contribution in [3.63, 3.8) is 0 Å². The van der Waals surface area contributed by atoms with Gasteiger partial charge in [0.15, 0.2) is 5.96 Å². The molecule has 0 saturated carbocycles. The lowest BCUT2D eigenvalue weighted by Crippen LogP contribution is -2.54. The molecule has 9 heteroatoms. The van der Waals surface area contributed by atoms with Crippen LogP contribution in [0, 0.1) is 0 Å². The molecule has 2 saturated heterocycles. The van der Waals surface area contributed by atoms with Crippen molar-refractivity contribution < 1.29 is 14.3 Å². The van der Waals surface area contributed by atoms with Crippen molar-refractivity contribution in [2.45, 2.75) is 25.7 Å². The molecule has 1 N–H and O–H groups in total. The number of piperazine rings is 1. The molecule has 0 radical (unpaired) electrons. The largest absolute Gasteiger partial charge is 0.383 e. The van der Waals surface area contributed by atoms with E-state index in [1.807, 2.05) is 4.90 Å². The highest BCUT2D eigenvalue weighted by Gasteiger charge is 2.24. The number of methoxy groups -OCH3 is 1. The predicted octanol–water partition coefficient (Wildman–Crippen LogP) is -0.313. The third-order valence-electron chi connectivity index (χ3n) is 5.44. The molecule has 0 atom stereocenters. The van der Waals surface area contributed by atoms with Gasteiger partial charge in [-0.1, -0.05) is 12.8 Å². The second kappa shape index (κ2) is 12.6. The van der Waals surface area contributed by atoms with E-state index in [0.29, 0.717) is 19.7 Å². The van der Waals surface area contributed by atoms with Crippen molar-refractivity contribution in [2.24, 2.45) is 4.99 Å². The molecule has 2 amide bonds. The number of likely N-dealkylation sites (N-methyl/N-ethyl adjacent to an activating group) is 1. The minimum absolute atomic E-state index is 0.0299. The monoisotopic (exact) mass is 410 g/mol. The summed E-state index contributed by atoms with van der Waals surface area (Å²) in [5, 5.41) is 3.29. The Morgan fingerprint density at radius 3 is 2.21 bits per heavy atom. The molecule has 0 aromatic heterocycles. The third-order valence-corrected chi connectivity index (χ3v) is 5.44. The maximum absolute atomic E-state index is 12.6. The molecule has 2 aliphatic heterocycles. The van der Waals surface area contributed by atoms with E-state index in [9.17, 15) is 9.59 Å². The van der Waals surface area contributed by atoms with Crippen LogP contribution in [-0.4, -0.2) is 124 Å². The molecule has 0 spiro atoms. The van der Waals surface area contributed by atoms with Gasteiger partial charge < -0.3 is 24.8 Å². The minimum atomic E-state index is -0.0299. The Balaban J connectivity index is 1.84. The fraction of sp³-hybridized carbons (Fsp3) is 0.850. The molecule has 2 heterocycles. The second-order valence-electron chi connectivity index (χ2n) is 7.91. The lowest BCUT2D eigenvalue weighted by molar-refractivity contribution is -0.132. The molecule has 2 aliphatic rings. The van der Waals surface area contributed by atoms with Crippen molar-refractivity contribution >= 4 is 17.8 Å². The van der Waals surface area contributed by atoms with Gasteiger partial charge in [-0.3, -0.25) is 14.5 Å². The van der Waals surface area contributed by atoms with Gasteiger partial charge in [0.1, 0.15) is 6.54 Å². The van der Waals surface area contributed by atoms with Crippen LogP contribution in [0.15, 0.2) is 4.99 Å². The molecular weight excluding hydrogens is 372 g/mol. The zero-order valence-corrected chi connectivity index (χ0v) is 18.4. The van der Waals surface area contributed by atoms with Crippen LogP contribution in [0.4, 0.5) is 0 Å². The van der Waals surface area contributed by atoms with Gasteiger partial charge in [0, 0.05) is 67.0 Å². The highest BCUT2D eigenvalue weighted by atomic mass is 16.5. The Hall–Kier alpha value is -1.87. The van der Waals surface area contributed by atoms with Gasteiger partial charge in [0.2, 0.25) is 11.8 Å². The van der Waals surface area contributed by atoms with E-state index < -0.39 is 0 Å². The zero-order chi connectivity index (χ0) is 21.1. The topological polar surface area (TPSA) is 80.7 Å². The molecule has 2 fully saturated rings. The summed E-state index contributed by atoms with van der Waals surface area (Å²) in [5.41, 5.74) is 0. The molecule has 0 aromatic rings. The van der Waals surface area contributed by atoms with Crippen molar-refractivity contribution in [1.82, 2.24) is 24.9 Å². The lowest BCUT2D eigenvalue weighted by atomic mass is 10.2. The molecule has 9 nitrogen and oxygen atoms in total. The second-order valence-corrected chi connectivity index (χ2v) is 7.91. The van der Waals surface area contributed by atoms with Crippen molar-refractivity contribution in [3.05, 3.63) is 0 Å². The minimum Gasteiger partial charge on any atom is -0.383 e. The van der Waals surface area contributed by atoms with Crippen LogP contribution in [0.2, 0.25) is 0 Å². The SMILES string of the molecule is COCCNC(=NCC(=O)N(C)C)N1CCN(CC(=O)N2CCCCCC2)CC1. The third kappa shape index (κ3) is 8.18. The number of ether oxygens (including phenoxy) is 1. The highest BCUT2D eigenvalue weighted by Crippen LogP contribution is 2.11. The van der Waals surface area contributed by atoms with Crippen LogP contribution in [0.5, 0.6) is 0 Å². The zero-order valence-electron chi connectivity index (χ0n) is 18.4. The summed E-state index contributed by atoms with van der Waals surface area (Å²) < 4.78 is 5.11.